The van der Waals surface area contributed by atoms with Crippen LogP contribution in [0, 0.1) is 17.3 Å². The van der Waals surface area contributed by atoms with Crippen molar-refractivity contribution in [2.45, 2.75) is 78.7 Å². The van der Waals surface area contributed by atoms with Gasteiger partial charge in [0.1, 0.15) is 0 Å². The molecule has 2 N–H and O–H groups in total. The van der Waals surface area contributed by atoms with E-state index < -0.39 is 5.97 Å². The molecule has 3 atom stereocenters. The molecule has 0 radical (unpaired) electrons. The minimum Gasteiger partial charge on any atom is -0.481 e. The van der Waals surface area contributed by atoms with Crippen LogP contribution >= 0.6 is 0 Å². The zero-order valence-electron chi connectivity index (χ0n) is 13.7. The predicted molar refractivity (Wildman–Crippen MR) is 83.9 cm³/mol. The summed E-state index contributed by atoms with van der Waals surface area (Å²) in [5.41, 5.74) is -0.121. The van der Waals surface area contributed by atoms with E-state index >= 15 is 0 Å². The number of carbonyl (C=O) groups is 1. The number of carboxylic acid groups (broad SMARTS) is 1. The topological polar surface area (TPSA) is 49.3 Å². The third-order valence-corrected chi connectivity index (χ3v) is 5.43. The van der Waals surface area contributed by atoms with Crippen LogP contribution in [0.1, 0.15) is 72.6 Å². The van der Waals surface area contributed by atoms with Gasteiger partial charge in [-0.3, -0.25) is 4.79 Å². The maximum absolute atomic E-state index is 11.4. The van der Waals surface area contributed by atoms with Crippen LogP contribution in [-0.2, 0) is 4.79 Å². The first-order valence-electron chi connectivity index (χ1n) is 8.37. The Hall–Kier alpha value is -0.570. The van der Waals surface area contributed by atoms with Crippen molar-refractivity contribution in [3.63, 3.8) is 0 Å². The van der Waals surface area contributed by atoms with E-state index in [-0.39, 0.29) is 11.3 Å². The van der Waals surface area contributed by atoms with Crippen LogP contribution in [0.3, 0.4) is 0 Å². The van der Waals surface area contributed by atoms with Crippen molar-refractivity contribution in [3.05, 3.63) is 0 Å². The van der Waals surface area contributed by atoms with E-state index in [2.05, 4.69) is 33.0 Å². The molecule has 1 aliphatic carbocycles. The van der Waals surface area contributed by atoms with E-state index in [1.165, 1.54) is 32.1 Å². The summed E-state index contributed by atoms with van der Waals surface area (Å²) in [6.45, 7) is 9.76. The number of hydrogen-bond donors (Lipinski definition) is 2. The molecule has 20 heavy (non-hydrogen) atoms. The summed E-state index contributed by atoms with van der Waals surface area (Å²) in [6, 6.07) is 0.478. The Balaban J connectivity index is 2.36. The highest BCUT2D eigenvalue weighted by Crippen LogP contribution is 2.45. The average molecular weight is 283 g/mol. The second-order valence-corrected chi connectivity index (χ2v) is 7.05. The van der Waals surface area contributed by atoms with Gasteiger partial charge in [0.05, 0.1) is 5.92 Å². The number of carboxylic acids is 1. The Kier molecular flexibility index (Phi) is 7.01. The first-order valence-corrected chi connectivity index (χ1v) is 8.37. The van der Waals surface area contributed by atoms with Crippen molar-refractivity contribution in [2.24, 2.45) is 17.3 Å². The fourth-order valence-electron chi connectivity index (χ4n) is 3.54. The first kappa shape index (κ1) is 17.5. The Bertz CT molecular complexity index is 301. The minimum atomic E-state index is -0.625. The summed E-state index contributed by atoms with van der Waals surface area (Å²) in [4.78, 5) is 11.4. The predicted octanol–water partition coefficient (Wildman–Crippen LogP) is 4.07. The molecule has 0 amide bonds. The highest BCUT2D eigenvalue weighted by Gasteiger charge is 2.45. The third kappa shape index (κ3) is 4.47. The summed E-state index contributed by atoms with van der Waals surface area (Å²) in [5.74, 6) is -0.409. The van der Waals surface area contributed by atoms with Crippen molar-refractivity contribution < 1.29 is 9.90 Å². The minimum absolute atomic E-state index is 0.121. The molecule has 3 nitrogen and oxygen atoms in total. The molecule has 1 aliphatic rings. The Morgan fingerprint density at radius 1 is 1.20 bits per heavy atom. The molecular weight excluding hydrogens is 250 g/mol. The molecule has 3 unspecified atom stereocenters. The van der Waals surface area contributed by atoms with Gasteiger partial charge in [-0.25, -0.2) is 0 Å². The van der Waals surface area contributed by atoms with Gasteiger partial charge in [-0.05, 0) is 37.1 Å². The molecular formula is C17H33NO2. The van der Waals surface area contributed by atoms with Crippen molar-refractivity contribution in [2.75, 3.05) is 6.54 Å². The second-order valence-electron chi connectivity index (χ2n) is 7.05. The van der Waals surface area contributed by atoms with Gasteiger partial charge >= 0.3 is 5.97 Å². The maximum Gasteiger partial charge on any atom is 0.307 e. The van der Waals surface area contributed by atoms with Crippen LogP contribution in [0.2, 0.25) is 0 Å². The summed E-state index contributed by atoms with van der Waals surface area (Å²) in [7, 11) is 0. The monoisotopic (exact) mass is 283 g/mol. The Labute approximate surface area is 124 Å². The van der Waals surface area contributed by atoms with E-state index in [1.54, 1.807) is 0 Å². The number of nitrogens with one attached hydrogen (secondary N) is 1. The fraction of sp³-hybridized carbons (Fsp3) is 0.941. The molecule has 0 bridgehead atoms. The molecule has 0 aliphatic heterocycles. The molecule has 0 heterocycles. The van der Waals surface area contributed by atoms with Crippen molar-refractivity contribution >= 4 is 5.97 Å². The normalized spacial score (nSPS) is 29.3. The summed E-state index contributed by atoms with van der Waals surface area (Å²) >= 11 is 0. The largest absolute Gasteiger partial charge is 0.481 e. The highest BCUT2D eigenvalue weighted by atomic mass is 16.4. The van der Waals surface area contributed by atoms with Crippen LogP contribution in [0.25, 0.3) is 0 Å². The van der Waals surface area contributed by atoms with Crippen molar-refractivity contribution in [1.29, 1.82) is 0 Å². The SMILES string of the molecule is CCCCCCCNC1CCC(C(=O)O)C(C)(C)C1C. The van der Waals surface area contributed by atoms with E-state index in [0.717, 1.165) is 19.4 Å². The molecule has 0 aromatic rings. The van der Waals surface area contributed by atoms with Crippen LogP contribution in [0.15, 0.2) is 0 Å². The molecule has 0 aromatic carbocycles. The number of hydrogen-bond acceptors (Lipinski definition) is 2. The van der Waals surface area contributed by atoms with E-state index in [9.17, 15) is 9.90 Å². The van der Waals surface area contributed by atoms with Gasteiger partial charge in [0.25, 0.3) is 0 Å². The van der Waals surface area contributed by atoms with Crippen molar-refractivity contribution in [1.82, 2.24) is 5.32 Å². The highest BCUT2D eigenvalue weighted by molar-refractivity contribution is 5.71. The van der Waals surface area contributed by atoms with Gasteiger partial charge in [-0.2, -0.15) is 0 Å². The maximum atomic E-state index is 11.4. The van der Waals surface area contributed by atoms with Crippen LogP contribution in [0.4, 0.5) is 0 Å². The third-order valence-electron chi connectivity index (χ3n) is 5.43. The van der Waals surface area contributed by atoms with Gasteiger partial charge in [-0.15, -0.1) is 0 Å². The Morgan fingerprint density at radius 2 is 1.85 bits per heavy atom. The quantitative estimate of drug-likeness (QED) is 0.660. The lowest BCUT2D eigenvalue weighted by molar-refractivity contribution is -0.150. The lowest BCUT2D eigenvalue weighted by Gasteiger charge is -2.46. The molecule has 1 rings (SSSR count). The molecule has 1 saturated carbocycles. The van der Waals surface area contributed by atoms with E-state index in [0.29, 0.717) is 12.0 Å². The Morgan fingerprint density at radius 3 is 2.45 bits per heavy atom. The van der Waals surface area contributed by atoms with Crippen LogP contribution in [-0.4, -0.2) is 23.7 Å². The fourth-order valence-corrected chi connectivity index (χ4v) is 3.54. The van der Waals surface area contributed by atoms with Gasteiger partial charge in [0.2, 0.25) is 0 Å². The number of unbranched alkanes of at least 4 members (excludes halogenated alkanes) is 4. The first-order chi connectivity index (χ1) is 9.41. The standard InChI is InChI=1S/C17H33NO2/c1-5-6-7-8-9-12-18-15-11-10-14(16(19)20)17(3,4)13(15)2/h13-15,18H,5-12H2,1-4H3,(H,19,20). The van der Waals surface area contributed by atoms with Gasteiger partial charge in [0, 0.05) is 6.04 Å². The molecule has 1 fully saturated rings. The number of rotatable bonds is 8. The van der Waals surface area contributed by atoms with Crippen LogP contribution in [0.5, 0.6) is 0 Å². The van der Waals surface area contributed by atoms with Crippen molar-refractivity contribution in [3.8, 4) is 0 Å². The van der Waals surface area contributed by atoms with Gasteiger partial charge in [-0.1, -0.05) is 53.4 Å². The second kappa shape index (κ2) is 8.02. The number of aliphatic carboxylic acids is 1. The smallest absolute Gasteiger partial charge is 0.307 e. The van der Waals surface area contributed by atoms with E-state index in [1.807, 2.05) is 0 Å². The van der Waals surface area contributed by atoms with Crippen LogP contribution < -0.4 is 5.32 Å². The van der Waals surface area contributed by atoms with Gasteiger partial charge in [0.15, 0.2) is 0 Å². The average Bonchev–Trinajstić information content (AvgIpc) is 2.38. The van der Waals surface area contributed by atoms with E-state index in [4.69, 9.17) is 0 Å². The molecule has 0 spiro atoms. The zero-order chi connectivity index (χ0) is 15.2. The van der Waals surface area contributed by atoms with Gasteiger partial charge < -0.3 is 10.4 Å². The molecule has 0 saturated heterocycles. The molecule has 0 aromatic heterocycles. The summed E-state index contributed by atoms with van der Waals surface area (Å²) < 4.78 is 0. The lowest BCUT2D eigenvalue weighted by Crippen LogP contribution is -2.51. The lowest BCUT2D eigenvalue weighted by atomic mass is 9.61. The molecule has 118 valence electrons. The zero-order valence-corrected chi connectivity index (χ0v) is 13.7. The summed E-state index contributed by atoms with van der Waals surface area (Å²) in [6.07, 6.45) is 8.32. The molecule has 3 heteroatoms. The summed E-state index contributed by atoms with van der Waals surface area (Å²) in [5, 5.41) is 13.0.